The van der Waals surface area contributed by atoms with Gasteiger partial charge in [-0.3, -0.25) is 0 Å². The summed E-state index contributed by atoms with van der Waals surface area (Å²) < 4.78 is 29.5. The number of carbonyl (C=O) groups excluding carboxylic acids is 1. The molecular formula is C21H25N5O4S. The summed E-state index contributed by atoms with van der Waals surface area (Å²) in [6, 6.07) is 1.64. The average Bonchev–Trinajstić information content (AvgIpc) is 3.11. The van der Waals surface area contributed by atoms with Crippen LogP contribution in [0.2, 0.25) is 0 Å². The highest BCUT2D eigenvalue weighted by Crippen LogP contribution is 2.59. The van der Waals surface area contributed by atoms with Gasteiger partial charge in [-0.15, -0.1) is 4.36 Å². The fraction of sp³-hybridized carbons (Fsp3) is 0.524. The van der Waals surface area contributed by atoms with Crippen molar-refractivity contribution in [2.75, 3.05) is 19.0 Å². The Labute approximate surface area is 180 Å². The Kier molecular flexibility index (Phi) is 4.22. The molecule has 4 aliphatic rings. The fourth-order valence-electron chi connectivity index (χ4n) is 5.36. The number of fused-ring (bicyclic) bond motifs is 5. The Hall–Kier alpha value is -2.43. The maximum atomic E-state index is 13.2. The van der Waals surface area contributed by atoms with Crippen molar-refractivity contribution in [3.8, 4) is 5.88 Å². The van der Waals surface area contributed by atoms with Crippen molar-refractivity contribution < 1.29 is 18.5 Å². The van der Waals surface area contributed by atoms with Crippen LogP contribution < -0.4 is 15.2 Å². The molecule has 1 aliphatic heterocycles. The van der Waals surface area contributed by atoms with Gasteiger partial charge in [0.1, 0.15) is 17.6 Å². The highest BCUT2D eigenvalue weighted by molar-refractivity contribution is 7.91. The van der Waals surface area contributed by atoms with Gasteiger partial charge < -0.3 is 14.8 Å². The zero-order chi connectivity index (χ0) is 21.3. The Balaban J connectivity index is 1.32. The molecule has 2 heterocycles. The van der Waals surface area contributed by atoms with Crippen LogP contribution in [0.25, 0.3) is 0 Å². The monoisotopic (exact) mass is 443 g/mol. The first-order chi connectivity index (χ1) is 14.9. The van der Waals surface area contributed by atoms with Crippen LogP contribution in [0.4, 0.5) is 10.5 Å². The summed E-state index contributed by atoms with van der Waals surface area (Å²) in [5.41, 5.74) is 6.01. The van der Waals surface area contributed by atoms with Crippen molar-refractivity contribution in [1.29, 1.82) is 0 Å². The minimum Gasteiger partial charge on any atom is -0.474 e. The molecule has 3 N–H and O–H groups in total. The molecule has 1 aromatic carbocycles. The molecule has 0 spiro atoms. The van der Waals surface area contributed by atoms with Crippen LogP contribution in [-0.2, 0) is 40.5 Å². The van der Waals surface area contributed by atoms with E-state index in [0.717, 1.165) is 31.4 Å². The zero-order valence-corrected chi connectivity index (χ0v) is 18.1. The van der Waals surface area contributed by atoms with E-state index < -0.39 is 15.9 Å². The second kappa shape index (κ2) is 6.78. The lowest BCUT2D eigenvalue weighted by atomic mass is 9.96. The summed E-state index contributed by atoms with van der Waals surface area (Å²) in [7, 11) is -1.93. The van der Waals surface area contributed by atoms with Crippen LogP contribution in [0, 0.1) is 5.92 Å². The first kappa shape index (κ1) is 19.3. The molecule has 2 aromatic rings. The van der Waals surface area contributed by atoms with Gasteiger partial charge in [-0.2, -0.15) is 5.10 Å². The predicted molar refractivity (Wildman–Crippen MR) is 114 cm³/mol. The topological polar surface area (TPSA) is 121 Å². The Morgan fingerprint density at radius 2 is 2.29 bits per heavy atom. The number of aromatic nitrogens is 2. The minimum absolute atomic E-state index is 0.128. The number of rotatable bonds is 3. The second-order valence-electron chi connectivity index (χ2n) is 8.88. The molecule has 0 saturated heterocycles. The van der Waals surface area contributed by atoms with Gasteiger partial charge in [-0.1, -0.05) is 6.07 Å². The highest BCUT2D eigenvalue weighted by Gasteiger charge is 2.47. The maximum absolute atomic E-state index is 13.2. The summed E-state index contributed by atoms with van der Waals surface area (Å²) in [6.07, 6.45) is 6.54. The number of aryl methyl sites for hydroxylation is 1. The molecule has 1 fully saturated rings. The fourth-order valence-corrected chi connectivity index (χ4v) is 6.37. The third-order valence-corrected chi connectivity index (χ3v) is 8.29. The molecule has 0 radical (unpaired) electrons. The SMILES string of the molecule is CO[C@@H]1COc2c(S(N)(=O)=NC(=O)Nc3c4c(cc5c3C3CC3C5)CCC4)cnn2C1. The molecule has 9 nitrogen and oxygen atoms in total. The molecule has 164 valence electrons. The molecule has 1 saturated carbocycles. The molecule has 10 heteroatoms. The Morgan fingerprint density at radius 3 is 3.13 bits per heavy atom. The highest BCUT2D eigenvalue weighted by atomic mass is 32.2. The molecular weight excluding hydrogens is 418 g/mol. The van der Waals surface area contributed by atoms with E-state index in [-0.39, 0.29) is 16.9 Å². The van der Waals surface area contributed by atoms with E-state index in [2.05, 4.69) is 20.8 Å². The Bertz CT molecular complexity index is 1230. The third-order valence-electron chi connectivity index (χ3n) is 6.94. The first-order valence-electron chi connectivity index (χ1n) is 10.7. The average molecular weight is 444 g/mol. The first-order valence-corrected chi connectivity index (χ1v) is 12.3. The summed E-state index contributed by atoms with van der Waals surface area (Å²) in [6.45, 7) is 0.750. The predicted octanol–water partition coefficient (Wildman–Crippen LogP) is 2.37. The lowest BCUT2D eigenvalue weighted by Gasteiger charge is -2.23. The number of anilines is 1. The van der Waals surface area contributed by atoms with Gasteiger partial charge in [0.2, 0.25) is 5.88 Å². The van der Waals surface area contributed by atoms with Gasteiger partial charge in [0.05, 0.1) is 12.7 Å². The van der Waals surface area contributed by atoms with Crippen LogP contribution >= 0.6 is 0 Å². The molecule has 3 aliphatic carbocycles. The van der Waals surface area contributed by atoms with Crippen molar-refractivity contribution in [2.24, 2.45) is 15.4 Å². The van der Waals surface area contributed by atoms with Gasteiger partial charge in [-0.05, 0) is 66.2 Å². The number of methoxy groups -OCH3 is 1. The van der Waals surface area contributed by atoms with E-state index in [9.17, 15) is 9.00 Å². The smallest absolute Gasteiger partial charge is 0.354 e. The Morgan fingerprint density at radius 1 is 1.42 bits per heavy atom. The number of nitrogens with two attached hydrogens (primary N) is 1. The molecule has 3 unspecified atom stereocenters. The number of carbonyl (C=O) groups is 1. The number of hydrogen-bond acceptors (Lipinski definition) is 5. The van der Waals surface area contributed by atoms with Gasteiger partial charge in [-0.25, -0.2) is 18.8 Å². The van der Waals surface area contributed by atoms with Crippen LogP contribution in [0.1, 0.15) is 41.0 Å². The maximum Gasteiger partial charge on any atom is 0.354 e. The van der Waals surface area contributed by atoms with E-state index in [1.54, 1.807) is 7.11 Å². The van der Waals surface area contributed by atoms with E-state index in [4.69, 9.17) is 14.6 Å². The number of hydrogen-bond donors (Lipinski definition) is 2. The molecule has 0 bridgehead atoms. The molecule has 6 rings (SSSR count). The minimum atomic E-state index is -3.52. The number of nitrogens with one attached hydrogen (secondary N) is 1. The van der Waals surface area contributed by atoms with Crippen LogP contribution in [0.3, 0.4) is 0 Å². The standard InChI is InChI=1S/C21H25N5O4S/c1-29-14-9-26-20(30-10-14)17(8-23-26)31(22,28)25-21(27)24-19-15-4-2-3-11(15)5-13-6-12-7-16(12)18(13)19/h5,8,12,14,16H,2-4,6-7,9-10H2,1H3,(H3,22,24,25,27,28)/t12?,14-,16?,31?/m0/s1. The summed E-state index contributed by atoms with van der Waals surface area (Å²) in [4.78, 5) is 13.0. The van der Waals surface area contributed by atoms with Gasteiger partial charge >= 0.3 is 6.03 Å². The normalized spacial score (nSPS) is 26.7. The molecule has 4 atom stereocenters. The number of nitrogens with zero attached hydrogens (tertiary/aromatic N) is 3. The van der Waals surface area contributed by atoms with Gasteiger partial charge in [0.15, 0.2) is 9.92 Å². The quantitative estimate of drug-likeness (QED) is 0.754. The van der Waals surface area contributed by atoms with E-state index in [1.165, 1.54) is 39.6 Å². The van der Waals surface area contributed by atoms with E-state index in [1.807, 2.05) is 0 Å². The van der Waals surface area contributed by atoms with E-state index in [0.29, 0.717) is 25.0 Å². The van der Waals surface area contributed by atoms with Crippen molar-refractivity contribution in [3.05, 3.63) is 34.5 Å². The molecule has 1 aromatic heterocycles. The molecule has 2 amide bonds. The van der Waals surface area contributed by atoms with Crippen LogP contribution in [0.5, 0.6) is 5.88 Å². The van der Waals surface area contributed by atoms with Crippen molar-refractivity contribution in [2.45, 2.75) is 55.6 Å². The van der Waals surface area contributed by atoms with Crippen LogP contribution in [-0.4, -0.2) is 39.8 Å². The summed E-state index contributed by atoms with van der Waals surface area (Å²) in [5.74, 6) is 1.51. The van der Waals surface area contributed by atoms with Crippen LogP contribution in [0.15, 0.2) is 21.5 Å². The number of urea groups is 1. The summed E-state index contributed by atoms with van der Waals surface area (Å²) in [5, 5.41) is 13.2. The summed E-state index contributed by atoms with van der Waals surface area (Å²) >= 11 is 0. The van der Waals surface area contributed by atoms with Gasteiger partial charge in [0.25, 0.3) is 0 Å². The lowest BCUT2D eigenvalue weighted by molar-refractivity contribution is 0.0165. The second-order valence-corrected chi connectivity index (χ2v) is 10.6. The molecule has 31 heavy (non-hydrogen) atoms. The van der Waals surface area contributed by atoms with E-state index >= 15 is 0 Å². The van der Waals surface area contributed by atoms with Gasteiger partial charge in [0, 0.05) is 12.8 Å². The van der Waals surface area contributed by atoms with Crippen molar-refractivity contribution >= 4 is 21.6 Å². The number of ether oxygens (including phenoxy) is 2. The number of benzene rings is 1. The largest absolute Gasteiger partial charge is 0.474 e. The van der Waals surface area contributed by atoms with Crippen molar-refractivity contribution in [1.82, 2.24) is 9.78 Å². The van der Waals surface area contributed by atoms with Crippen molar-refractivity contribution in [3.63, 3.8) is 0 Å². The third kappa shape index (κ3) is 3.07. The lowest BCUT2D eigenvalue weighted by Crippen LogP contribution is -2.32. The zero-order valence-electron chi connectivity index (χ0n) is 17.3. The number of amides is 2.